The van der Waals surface area contributed by atoms with Crippen molar-refractivity contribution in [3.8, 4) is 11.3 Å². The Morgan fingerprint density at radius 1 is 1.48 bits per heavy atom. The van der Waals surface area contributed by atoms with E-state index in [1.54, 1.807) is 19.3 Å². The van der Waals surface area contributed by atoms with Crippen molar-refractivity contribution in [2.24, 2.45) is 0 Å². The second kappa shape index (κ2) is 6.29. The molecule has 2 N–H and O–H groups in total. The van der Waals surface area contributed by atoms with Crippen LogP contribution in [0.1, 0.15) is 24.4 Å². The first-order valence-electron chi connectivity index (χ1n) is 7.22. The van der Waals surface area contributed by atoms with Crippen LogP contribution in [0.15, 0.2) is 29.9 Å². The third kappa shape index (κ3) is 3.70. The van der Waals surface area contributed by atoms with Gasteiger partial charge in [-0.05, 0) is 19.1 Å². The minimum atomic E-state index is -2.82. The van der Waals surface area contributed by atoms with E-state index in [1.165, 1.54) is 11.3 Å². The number of nitrogens with zero attached hydrogens (tertiary/aromatic N) is 2. The number of amides is 1. The number of nitrogens with one attached hydrogen (secondary N) is 2. The molecule has 1 aliphatic rings. The molecular formula is C15H16F2N4OS. The summed E-state index contributed by atoms with van der Waals surface area (Å²) in [5.41, 5.74) is 1.75. The first-order valence-corrected chi connectivity index (χ1v) is 8.10. The van der Waals surface area contributed by atoms with Crippen molar-refractivity contribution in [1.82, 2.24) is 20.6 Å². The molecule has 3 heterocycles. The summed E-state index contributed by atoms with van der Waals surface area (Å²) in [4.78, 5) is 20.5. The van der Waals surface area contributed by atoms with Crippen molar-refractivity contribution in [3.05, 3.63) is 34.9 Å². The van der Waals surface area contributed by atoms with E-state index in [2.05, 4.69) is 20.6 Å². The van der Waals surface area contributed by atoms with Crippen molar-refractivity contribution in [3.63, 3.8) is 0 Å². The molecule has 2 aromatic rings. The quantitative estimate of drug-likeness (QED) is 0.898. The van der Waals surface area contributed by atoms with Crippen LogP contribution < -0.4 is 10.6 Å². The summed E-state index contributed by atoms with van der Waals surface area (Å²) in [7, 11) is 0. The van der Waals surface area contributed by atoms with Crippen LogP contribution >= 0.6 is 11.3 Å². The second-order valence-corrected chi connectivity index (χ2v) is 6.42. The molecule has 1 amide bonds. The molecule has 8 heteroatoms. The lowest BCUT2D eigenvalue weighted by molar-refractivity contribution is -0.124. The fraction of sp³-hybridized carbons (Fsp3) is 0.400. The summed E-state index contributed by atoms with van der Waals surface area (Å²) >= 11 is 1.42. The van der Waals surface area contributed by atoms with Crippen molar-refractivity contribution in [2.45, 2.75) is 31.4 Å². The summed E-state index contributed by atoms with van der Waals surface area (Å²) < 4.78 is 26.3. The number of alkyl halides is 2. The van der Waals surface area contributed by atoms with Crippen molar-refractivity contribution >= 4 is 17.2 Å². The third-order valence-electron chi connectivity index (χ3n) is 3.65. The van der Waals surface area contributed by atoms with Gasteiger partial charge in [0.2, 0.25) is 5.91 Å². The molecule has 122 valence electrons. The van der Waals surface area contributed by atoms with Gasteiger partial charge in [-0.2, -0.15) is 0 Å². The maximum Gasteiger partial charge on any atom is 0.262 e. The van der Waals surface area contributed by atoms with E-state index < -0.39 is 30.8 Å². The molecule has 0 aliphatic carbocycles. The van der Waals surface area contributed by atoms with Crippen molar-refractivity contribution in [2.75, 3.05) is 6.54 Å². The van der Waals surface area contributed by atoms with E-state index in [9.17, 15) is 13.6 Å². The molecule has 0 radical (unpaired) electrons. The van der Waals surface area contributed by atoms with E-state index in [0.29, 0.717) is 0 Å². The zero-order valence-electron chi connectivity index (χ0n) is 12.4. The van der Waals surface area contributed by atoms with Gasteiger partial charge in [-0.1, -0.05) is 0 Å². The molecule has 23 heavy (non-hydrogen) atoms. The average Bonchev–Trinajstić information content (AvgIpc) is 3.15. The highest BCUT2D eigenvalue weighted by molar-refractivity contribution is 7.10. The Morgan fingerprint density at radius 2 is 2.22 bits per heavy atom. The molecule has 0 spiro atoms. The van der Waals surface area contributed by atoms with Crippen molar-refractivity contribution < 1.29 is 13.6 Å². The predicted molar refractivity (Wildman–Crippen MR) is 83.3 cm³/mol. The molecule has 5 nitrogen and oxygen atoms in total. The van der Waals surface area contributed by atoms with E-state index >= 15 is 0 Å². The Labute approximate surface area is 136 Å². The molecule has 2 aromatic heterocycles. The maximum absolute atomic E-state index is 13.1. The number of pyridine rings is 1. The Bertz CT molecular complexity index is 692. The first kappa shape index (κ1) is 15.9. The summed E-state index contributed by atoms with van der Waals surface area (Å²) in [6.45, 7) is 1.34. The maximum atomic E-state index is 13.1. The lowest BCUT2D eigenvalue weighted by atomic mass is 10.1. The van der Waals surface area contributed by atoms with Crippen LogP contribution in [0.3, 0.4) is 0 Å². The number of rotatable bonds is 4. The van der Waals surface area contributed by atoms with Crippen LogP contribution in [0.25, 0.3) is 11.3 Å². The SMILES string of the molecule is CC(NC(=O)C1CC(F)(F)CN1)c1nc(-c2ccncc2)cs1. The standard InChI is InChI=1S/C15H16F2N4OS/c1-9(20-13(22)11-6-15(16,17)8-19-11)14-21-12(7-23-14)10-2-4-18-5-3-10/h2-5,7,9,11,19H,6,8H2,1H3,(H,20,22). The van der Waals surface area contributed by atoms with E-state index in [0.717, 1.165) is 16.3 Å². The fourth-order valence-electron chi connectivity index (χ4n) is 2.42. The van der Waals surface area contributed by atoms with Gasteiger partial charge < -0.3 is 5.32 Å². The topological polar surface area (TPSA) is 66.9 Å². The Morgan fingerprint density at radius 3 is 2.87 bits per heavy atom. The summed E-state index contributed by atoms with van der Waals surface area (Å²) in [5.74, 6) is -3.24. The molecule has 2 unspecified atom stereocenters. The molecule has 3 rings (SSSR count). The van der Waals surface area contributed by atoms with Crippen LogP contribution in [0.2, 0.25) is 0 Å². The first-order chi connectivity index (χ1) is 10.9. The number of hydrogen-bond donors (Lipinski definition) is 2. The second-order valence-electron chi connectivity index (χ2n) is 5.53. The molecule has 1 saturated heterocycles. The van der Waals surface area contributed by atoms with Gasteiger partial charge in [0.1, 0.15) is 5.01 Å². The number of hydrogen-bond acceptors (Lipinski definition) is 5. The number of carbonyl (C=O) groups is 1. The van der Waals surface area contributed by atoms with E-state index in [4.69, 9.17) is 0 Å². The molecule has 1 aliphatic heterocycles. The third-order valence-corrected chi connectivity index (χ3v) is 4.68. The highest BCUT2D eigenvalue weighted by Crippen LogP contribution is 2.27. The number of carbonyl (C=O) groups excluding carboxylic acids is 1. The monoisotopic (exact) mass is 338 g/mol. The Kier molecular flexibility index (Phi) is 4.36. The summed E-state index contributed by atoms with van der Waals surface area (Å²) in [6.07, 6.45) is 2.91. The van der Waals surface area contributed by atoms with Gasteiger partial charge in [0.05, 0.1) is 24.3 Å². The minimum Gasteiger partial charge on any atom is -0.346 e. The van der Waals surface area contributed by atoms with Gasteiger partial charge in [-0.25, -0.2) is 13.8 Å². The lowest BCUT2D eigenvalue weighted by Gasteiger charge is -2.15. The van der Waals surface area contributed by atoms with Gasteiger partial charge in [-0.15, -0.1) is 11.3 Å². The number of halogens is 2. The van der Waals surface area contributed by atoms with Gasteiger partial charge in [0, 0.05) is 29.8 Å². The minimum absolute atomic E-state index is 0.334. The fourth-order valence-corrected chi connectivity index (χ4v) is 3.25. The van der Waals surface area contributed by atoms with Crippen LogP contribution in [0, 0.1) is 0 Å². The van der Waals surface area contributed by atoms with Gasteiger partial charge in [0.25, 0.3) is 5.92 Å². The zero-order chi connectivity index (χ0) is 16.4. The van der Waals surface area contributed by atoms with E-state index in [-0.39, 0.29) is 6.04 Å². The molecular weight excluding hydrogens is 322 g/mol. The lowest BCUT2D eigenvalue weighted by Crippen LogP contribution is -2.41. The van der Waals surface area contributed by atoms with Crippen LogP contribution in [0.4, 0.5) is 8.78 Å². The van der Waals surface area contributed by atoms with Crippen molar-refractivity contribution in [1.29, 1.82) is 0 Å². The van der Waals surface area contributed by atoms with Crippen LogP contribution in [-0.2, 0) is 4.79 Å². The number of aromatic nitrogens is 2. The smallest absolute Gasteiger partial charge is 0.262 e. The van der Waals surface area contributed by atoms with Gasteiger partial charge in [0.15, 0.2) is 0 Å². The molecule has 0 aromatic carbocycles. The van der Waals surface area contributed by atoms with Crippen LogP contribution in [0.5, 0.6) is 0 Å². The average molecular weight is 338 g/mol. The summed E-state index contributed by atoms with van der Waals surface area (Å²) in [6, 6.07) is 2.52. The zero-order valence-corrected chi connectivity index (χ0v) is 13.2. The van der Waals surface area contributed by atoms with Crippen LogP contribution in [-0.4, -0.2) is 34.4 Å². The highest BCUT2D eigenvalue weighted by Gasteiger charge is 2.42. The molecule has 0 saturated carbocycles. The summed E-state index contributed by atoms with van der Waals surface area (Å²) in [5, 5.41) is 7.92. The van der Waals surface area contributed by atoms with E-state index in [1.807, 2.05) is 17.5 Å². The highest BCUT2D eigenvalue weighted by atomic mass is 32.1. The normalized spacial score (nSPS) is 21.1. The Balaban J connectivity index is 1.64. The molecule has 1 fully saturated rings. The molecule has 2 atom stereocenters. The number of thiazole rings is 1. The molecule has 0 bridgehead atoms. The largest absolute Gasteiger partial charge is 0.346 e. The predicted octanol–water partition coefficient (Wildman–Crippen LogP) is 2.38. The van der Waals surface area contributed by atoms with Gasteiger partial charge in [-0.3, -0.25) is 15.1 Å². The van der Waals surface area contributed by atoms with Gasteiger partial charge >= 0.3 is 0 Å². The Hall–Kier alpha value is -1.93.